The third-order valence-electron chi connectivity index (χ3n) is 9.16. The van der Waals surface area contributed by atoms with Gasteiger partial charge in [0.2, 0.25) is 0 Å². The summed E-state index contributed by atoms with van der Waals surface area (Å²) in [6, 6.07) is -1.17. The zero-order valence-electron chi connectivity index (χ0n) is 36.5. The number of nitrogens with two attached hydrogens (primary N) is 1. The number of unbranched alkanes of at least 4 members (excludes halogenated alkanes) is 11. The van der Waals surface area contributed by atoms with Crippen LogP contribution in [-0.2, 0) is 37.5 Å². The van der Waals surface area contributed by atoms with E-state index in [9.17, 15) is 34.1 Å². The van der Waals surface area contributed by atoms with E-state index >= 15 is 0 Å². The molecule has 16 heteroatoms. The summed E-state index contributed by atoms with van der Waals surface area (Å²) in [4.78, 5) is 46.7. The van der Waals surface area contributed by atoms with E-state index in [4.69, 9.17) is 29.9 Å². The summed E-state index contributed by atoms with van der Waals surface area (Å²) < 4.78 is 32.8. The number of carboxylic acid groups (broad SMARTS) is 1. The summed E-state index contributed by atoms with van der Waals surface area (Å²) in [5, 5.41) is 37.8. The average Bonchev–Trinajstić information content (AvgIpc) is 3.20. The number of hydrogen-bond acceptors (Lipinski definition) is 13. The van der Waals surface area contributed by atoms with Crippen molar-refractivity contribution in [3.8, 4) is 0 Å². The molecule has 0 aliphatic rings. The number of aliphatic hydroxyl groups is 3. The number of carboxylic acids is 1. The van der Waals surface area contributed by atoms with Gasteiger partial charge in [-0.05, 0) is 44.4 Å². The fraction of sp³-hybridized carbons (Fsp3) is 0.750. The van der Waals surface area contributed by atoms with E-state index in [1.54, 1.807) is 18.2 Å². The lowest BCUT2D eigenvalue weighted by atomic mass is 10.0. The Morgan fingerprint density at radius 2 is 1.42 bits per heavy atom. The number of esters is 2. The van der Waals surface area contributed by atoms with Crippen LogP contribution in [0.15, 0.2) is 48.6 Å². The second-order valence-electron chi connectivity index (χ2n) is 15.4. The molecule has 14 nitrogen and oxygen atoms in total. The monoisotopic (exact) mass is 891 g/mol. The highest BCUT2D eigenvalue weighted by Gasteiger charge is 2.28. The van der Waals surface area contributed by atoms with Crippen LogP contribution in [0.2, 0.25) is 0 Å². The molecule has 1 unspecified atom stereocenters. The number of aliphatic hydroxyl groups excluding tert-OH is 3. The minimum absolute atomic E-state index is 0.0178. The molecule has 0 saturated carbocycles. The second-order valence-corrected chi connectivity index (χ2v) is 18.1. The summed E-state index contributed by atoms with van der Waals surface area (Å²) in [6.45, 7) is 4.03. The molecule has 0 fully saturated rings. The standard InChI is InChI=1S/C44H78NO13PS/c1-4-5-6-7-8-9-10-11-14-17-20-23-28-41(40(48)27-25-29-42(49)50)60-35-39(45)44(52)55-33-38(34-57-59(53,54)56-32-37(47)31-46)58-43(51)30-24-21-18-15-12-13-16-19-22-26-36(2)3/h8-9,11,14,17,20,23,28,36-41,46-48H,4-7,10,12-13,15-16,18-19,21-22,24-27,29-35,45H2,1-3H3,(H,49,50)(H,53,54)/b9-8-,14-11-,20-17+,28-23+/t37-,38+,39-,40-,41+/m0/s1. The molecule has 0 spiro atoms. The first-order valence-electron chi connectivity index (χ1n) is 21.9. The van der Waals surface area contributed by atoms with Crippen molar-refractivity contribution in [3.63, 3.8) is 0 Å². The molecule has 0 amide bonds. The Kier molecular flexibility index (Phi) is 36.9. The Morgan fingerprint density at radius 3 is 2.07 bits per heavy atom. The van der Waals surface area contributed by atoms with Crippen LogP contribution in [0.25, 0.3) is 0 Å². The number of hydrogen-bond donors (Lipinski definition) is 6. The van der Waals surface area contributed by atoms with Gasteiger partial charge in [-0.1, -0.05) is 140 Å². The van der Waals surface area contributed by atoms with Crippen LogP contribution in [0.3, 0.4) is 0 Å². The summed E-state index contributed by atoms with van der Waals surface area (Å²) in [5.41, 5.74) is 6.15. The topological polar surface area (TPSA) is 232 Å². The van der Waals surface area contributed by atoms with Crippen molar-refractivity contribution in [2.24, 2.45) is 11.7 Å². The molecule has 0 aromatic heterocycles. The molecular weight excluding hydrogens is 814 g/mol. The van der Waals surface area contributed by atoms with Crippen molar-refractivity contribution in [1.82, 2.24) is 0 Å². The Balaban J connectivity index is 5.25. The summed E-state index contributed by atoms with van der Waals surface area (Å²) in [5.74, 6) is -1.68. The Hall–Kier alpha value is -2.33. The molecule has 0 aliphatic carbocycles. The predicted molar refractivity (Wildman–Crippen MR) is 238 cm³/mol. The maximum absolute atomic E-state index is 13.0. The van der Waals surface area contributed by atoms with E-state index < -0.39 is 81.8 Å². The van der Waals surface area contributed by atoms with Gasteiger partial charge < -0.3 is 40.5 Å². The van der Waals surface area contributed by atoms with E-state index in [0.717, 1.165) is 44.4 Å². The Labute approximate surface area is 364 Å². The van der Waals surface area contributed by atoms with Gasteiger partial charge in [-0.25, -0.2) is 4.57 Å². The summed E-state index contributed by atoms with van der Waals surface area (Å²) >= 11 is 1.19. The summed E-state index contributed by atoms with van der Waals surface area (Å²) in [7, 11) is -4.75. The summed E-state index contributed by atoms with van der Waals surface area (Å²) in [6.07, 6.45) is 28.6. The van der Waals surface area contributed by atoms with Gasteiger partial charge in [-0.3, -0.25) is 23.4 Å². The molecule has 0 saturated heterocycles. The molecule has 0 radical (unpaired) electrons. The average molecular weight is 892 g/mol. The van der Waals surface area contributed by atoms with Gasteiger partial charge in [-0.2, -0.15) is 0 Å². The molecule has 348 valence electrons. The first-order chi connectivity index (χ1) is 28.7. The second kappa shape index (κ2) is 38.4. The first-order valence-corrected chi connectivity index (χ1v) is 24.4. The molecule has 0 rings (SSSR count). The van der Waals surface area contributed by atoms with Gasteiger partial charge >= 0.3 is 25.7 Å². The zero-order valence-corrected chi connectivity index (χ0v) is 38.2. The molecular formula is C44H78NO13PS. The van der Waals surface area contributed by atoms with Crippen LogP contribution in [0.1, 0.15) is 143 Å². The lowest BCUT2D eigenvalue weighted by molar-refractivity contribution is -0.161. The van der Waals surface area contributed by atoms with Crippen LogP contribution in [-0.4, -0.2) is 105 Å². The highest BCUT2D eigenvalue weighted by molar-refractivity contribution is 8.00. The van der Waals surface area contributed by atoms with E-state index in [2.05, 4.69) is 37.4 Å². The number of carbonyl (C=O) groups is 3. The number of carbonyl (C=O) groups excluding carboxylic acids is 2. The molecule has 60 heavy (non-hydrogen) atoms. The van der Waals surface area contributed by atoms with E-state index in [0.29, 0.717) is 6.42 Å². The van der Waals surface area contributed by atoms with Crippen molar-refractivity contribution in [1.29, 1.82) is 0 Å². The van der Waals surface area contributed by atoms with Gasteiger partial charge in [0.1, 0.15) is 18.8 Å². The fourth-order valence-corrected chi connectivity index (χ4v) is 7.53. The minimum Gasteiger partial charge on any atom is -0.481 e. The van der Waals surface area contributed by atoms with Crippen molar-refractivity contribution >= 4 is 37.5 Å². The van der Waals surface area contributed by atoms with Gasteiger partial charge in [0.05, 0.1) is 25.9 Å². The quantitative estimate of drug-likeness (QED) is 0.0112. The SMILES string of the molecule is CCCCC/C=C\C\C=C/C=C/C=C/[C@@H](SC[C@H](N)C(=O)OC[C@H](COP(=O)(O)OC[C@@H](O)CO)OC(=O)CCCCCCCCCCCC(C)C)[C@@H](O)CCCC(=O)O. The van der Waals surface area contributed by atoms with Crippen molar-refractivity contribution in [2.75, 3.05) is 32.2 Å². The van der Waals surface area contributed by atoms with E-state index in [-0.39, 0.29) is 31.4 Å². The van der Waals surface area contributed by atoms with Crippen molar-refractivity contribution in [3.05, 3.63) is 48.6 Å². The normalized spacial score (nSPS) is 15.8. The highest BCUT2D eigenvalue weighted by atomic mass is 32.2. The third kappa shape index (κ3) is 36.3. The number of ether oxygens (including phenoxy) is 2. The van der Waals surface area contributed by atoms with Crippen LogP contribution in [0.5, 0.6) is 0 Å². The number of phosphoric acid groups is 1. The molecule has 7 N–H and O–H groups in total. The zero-order chi connectivity index (χ0) is 44.9. The van der Waals surface area contributed by atoms with Crippen molar-refractivity contribution in [2.45, 2.75) is 172 Å². The number of thioether (sulfide) groups is 1. The van der Waals surface area contributed by atoms with Crippen LogP contribution in [0.4, 0.5) is 0 Å². The Morgan fingerprint density at radius 1 is 0.767 bits per heavy atom. The van der Waals surface area contributed by atoms with Crippen LogP contribution in [0, 0.1) is 5.92 Å². The largest absolute Gasteiger partial charge is 0.481 e. The van der Waals surface area contributed by atoms with Crippen LogP contribution >= 0.6 is 19.6 Å². The van der Waals surface area contributed by atoms with E-state index in [1.165, 1.54) is 63.1 Å². The first kappa shape index (κ1) is 57.7. The van der Waals surface area contributed by atoms with Gasteiger partial charge in [0.15, 0.2) is 6.10 Å². The number of phosphoric ester groups is 1. The maximum Gasteiger partial charge on any atom is 0.472 e. The predicted octanol–water partition coefficient (Wildman–Crippen LogP) is 8.12. The number of rotatable bonds is 40. The fourth-order valence-electron chi connectivity index (χ4n) is 5.62. The molecule has 0 aromatic carbocycles. The number of aliphatic carboxylic acids is 1. The van der Waals surface area contributed by atoms with Crippen LogP contribution < -0.4 is 5.73 Å². The molecule has 0 aliphatic heterocycles. The lowest BCUT2D eigenvalue weighted by Crippen LogP contribution is -2.38. The van der Waals surface area contributed by atoms with E-state index in [1.807, 2.05) is 18.2 Å². The maximum atomic E-state index is 13.0. The molecule has 0 heterocycles. The minimum atomic E-state index is -4.75. The van der Waals surface area contributed by atoms with Gasteiger partial charge in [0, 0.05) is 23.8 Å². The van der Waals surface area contributed by atoms with Gasteiger partial charge in [-0.15, -0.1) is 11.8 Å². The number of allylic oxidation sites excluding steroid dienone is 7. The molecule has 0 aromatic rings. The Bertz CT molecular complexity index is 1280. The third-order valence-corrected chi connectivity index (χ3v) is 11.5. The molecule has 0 bridgehead atoms. The van der Waals surface area contributed by atoms with Crippen molar-refractivity contribution < 1.29 is 62.8 Å². The highest BCUT2D eigenvalue weighted by Crippen LogP contribution is 2.43. The molecule has 6 atom stereocenters. The smallest absolute Gasteiger partial charge is 0.472 e. The van der Waals surface area contributed by atoms with Gasteiger partial charge in [0.25, 0.3) is 0 Å². The lowest BCUT2D eigenvalue weighted by Gasteiger charge is -2.22.